The van der Waals surface area contributed by atoms with Crippen molar-refractivity contribution >= 4 is 11.0 Å². The minimum absolute atomic E-state index is 0.203. The second-order valence-electron chi connectivity index (χ2n) is 6.58. The number of rotatable bonds is 2. The largest absolute Gasteiger partial charge is 0.268 e. The fourth-order valence-corrected chi connectivity index (χ4v) is 3.57. The van der Waals surface area contributed by atoms with Gasteiger partial charge in [0.15, 0.2) is 5.65 Å². The summed E-state index contributed by atoms with van der Waals surface area (Å²) in [7, 11) is 0. The van der Waals surface area contributed by atoms with Gasteiger partial charge in [0.05, 0.1) is 6.20 Å². The van der Waals surface area contributed by atoms with E-state index in [1.54, 1.807) is 30.6 Å². The third-order valence-corrected chi connectivity index (χ3v) is 4.69. The Morgan fingerprint density at radius 1 is 1.23 bits per heavy atom. The zero-order valence-corrected chi connectivity index (χ0v) is 13.6. The van der Waals surface area contributed by atoms with Gasteiger partial charge >= 0.3 is 0 Å². The predicted octanol–water partition coefficient (Wildman–Crippen LogP) is 4.21. The van der Waals surface area contributed by atoms with E-state index in [0.29, 0.717) is 39.1 Å². The lowest BCUT2D eigenvalue weighted by atomic mass is 9.88. The summed E-state index contributed by atoms with van der Waals surface area (Å²) in [6.45, 7) is -5.73. The highest BCUT2D eigenvalue weighted by molar-refractivity contribution is 5.97. The molecule has 0 saturated heterocycles. The first-order chi connectivity index (χ1) is 15.0. The van der Waals surface area contributed by atoms with Crippen LogP contribution < -0.4 is 0 Å². The average Bonchev–Trinajstić information content (AvgIpc) is 3.40. The summed E-state index contributed by atoms with van der Waals surface area (Å²) in [4.78, 5) is 4.25. The number of fused-ring (bicyclic) bond motifs is 2. The number of hydrogen-bond donors (Lipinski definition) is 1. The van der Waals surface area contributed by atoms with E-state index < -0.39 is 24.9 Å². The predicted molar refractivity (Wildman–Crippen MR) is 98.0 cm³/mol. The zero-order chi connectivity index (χ0) is 22.9. The number of aromatic amines is 1. The molecule has 0 radical (unpaired) electrons. The summed E-state index contributed by atoms with van der Waals surface area (Å²) in [5, 5.41) is 12.2. The number of H-pyrrole nitrogens is 1. The molecule has 26 heavy (non-hydrogen) atoms. The van der Waals surface area contributed by atoms with E-state index in [2.05, 4.69) is 20.3 Å². The SMILES string of the molecule is [2H]C([2H])([2H])C1(C([2H])([2H])[2H])Cc2c(-c3ccnc4[nH]ncc34)c(-c3ccc(F)cc3)nn2C1. The highest BCUT2D eigenvalue weighted by atomic mass is 19.1. The van der Waals surface area contributed by atoms with Gasteiger partial charge < -0.3 is 0 Å². The molecule has 1 aliphatic heterocycles. The topological polar surface area (TPSA) is 59.4 Å². The molecular weight excluding hydrogens is 329 g/mol. The molecule has 5 nitrogen and oxygen atoms in total. The second kappa shape index (κ2) is 5.24. The van der Waals surface area contributed by atoms with Crippen LogP contribution in [0.25, 0.3) is 33.4 Å². The van der Waals surface area contributed by atoms with Crippen LogP contribution in [0.3, 0.4) is 0 Å². The summed E-state index contributed by atoms with van der Waals surface area (Å²) in [5.41, 5.74) is 1.51. The van der Waals surface area contributed by atoms with Crippen LogP contribution >= 0.6 is 0 Å². The molecular formula is C20H18FN5. The lowest BCUT2D eigenvalue weighted by molar-refractivity contribution is 0.347. The van der Waals surface area contributed by atoms with Crippen molar-refractivity contribution < 1.29 is 12.6 Å². The molecule has 1 aliphatic rings. The molecule has 0 amide bonds. The van der Waals surface area contributed by atoms with Crippen LogP contribution in [0, 0.1) is 11.2 Å². The second-order valence-corrected chi connectivity index (χ2v) is 6.58. The molecule has 3 aromatic heterocycles. The normalized spacial score (nSPS) is 19.9. The quantitative estimate of drug-likeness (QED) is 0.587. The van der Waals surface area contributed by atoms with Crippen LogP contribution in [0.1, 0.15) is 27.6 Å². The molecule has 5 rings (SSSR count). The van der Waals surface area contributed by atoms with Gasteiger partial charge in [-0.2, -0.15) is 10.2 Å². The Hall–Kier alpha value is -3.02. The zero-order valence-electron chi connectivity index (χ0n) is 19.6. The van der Waals surface area contributed by atoms with Crippen LogP contribution in [-0.4, -0.2) is 25.0 Å². The highest BCUT2D eigenvalue weighted by Crippen LogP contribution is 2.43. The van der Waals surface area contributed by atoms with Gasteiger partial charge in [-0.1, -0.05) is 13.7 Å². The van der Waals surface area contributed by atoms with Crippen LogP contribution in [0.5, 0.6) is 0 Å². The number of hydrogen-bond acceptors (Lipinski definition) is 3. The average molecular weight is 353 g/mol. The van der Waals surface area contributed by atoms with Crippen LogP contribution in [-0.2, 0) is 13.0 Å². The molecule has 0 aliphatic carbocycles. The van der Waals surface area contributed by atoms with Gasteiger partial charge in [-0.05, 0) is 47.7 Å². The fraction of sp³-hybridized carbons (Fsp3) is 0.250. The first-order valence-corrected chi connectivity index (χ1v) is 8.16. The fourth-order valence-electron chi connectivity index (χ4n) is 3.57. The Kier molecular flexibility index (Phi) is 2.06. The standard InChI is InChI=1S/C20H18FN5/c1-20(2)9-16-17(14-7-8-22-19-15(14)10-23-24-19)18(25-26(16)11-20)12-3-5-13(21)6-4-12/h3-8,10H,9,11H2,1-2H3,(H,22,23,24)/i1D3,2D3. The minimum Gasteiger partial charge on any atom is -0.268 e. The number of benzene rings is 1. The lowest BCUT2D eigenvalue weighted by Crippen LogP contribution is -2.13. The monoisotopic (exact) mass is 353 g/mol. The van der Waals surface area contributed by atoms with Gasteiger partial charge in [0.2, 0.25) is 0 Å². The highest BCUT2D eigenvalue weighted by Gasteiger charge is 2.34. The number of nitrogens with one attached hydrogen (secondary N) is 1. The summed E-state index contributed by atoms with van der Waals surface area (Å²) in [6, 6.07) is 7.57. The van der Waals surface area contributed by atoms with Crippen molar-refractivity contribution in [1.82, 2.24) is 25.0 Å². The van der Waals surface area contributed by atoms with Crippen molar-refractivity contribution in [2.24, 2.45) is 5.41 Å². The van der Waals surface area contributed by atoms with Gasteiger partial charge in [0, 0.05) is 43.2 Å². The molecule has 130 valence electrons. The van der Waals surface area contributed by atoms with E-state index in [0.717, 1.165) is 0 Å². The Balaban J connectivity index is 1.78. The molecule has 0 unspecified atom stereocenters. The number of aromatic nitrogens is 5. The molecule has 0 fully saturated rings. The molecule has 0 spiro atoms. The van der Waals surface area contributed by atoms with Crippen LogP contribution in [0.4, 0.5) is 4.39 Å². The molecule has 0 saturated carbocycles. The van der Waals surface area contributed by atoms with Gasteiger partial charge in [-0.3, -0.25) is 9.78 Å². The molecule has 4 aromatic rings. The van der Waals surface area contributed by atoms with Crippen molar-refractivity contribution in [1.29, 1.82) is 0 Å². The van der Waals surface area contributed by atoms with E-state index >= 15 is 0 Å². The number of halogens is 1. The van der Waals surface area contributed by atoms with E-state index in [1.165, 1.54) is 16.8 Å². The smallest absolute Gasteiger partial charge is 0.155 e. The molecule has 1 N–H and O–H groups in total. The van der Waals surface area contributed by atoms with Gasteiger partial charge in [0.25, 0.3) is 0 Å². The first kappa shape index (κ1) is 10.2. The summed E-state index contributed by atoms with van der Waals surface area (Å²) in [5.74, 6) is -0.396. The van der Waals surface area contributed by atoms with Crippen molar-refractivity contribution in [3.63, 3.8) is 0 Å². The molecule has 0 atom stereocenters. The third kappa shape index (κ3) is 2.25. The first-order valence-electron chi connectivity index (χ1n) is 11.2. The Labute approximate surface area is 158 Å². The van der Waals surface area contributed by atoms with Crippen molar-refractivity contribution in [2.45, 2.75) is 26.7 Å². The van der Waals surface area contributed by atoms with Gasteiger partial charge in [-0.15, -0.1) is 0 Å². The maximum Gasteiger partial charge on any atom is 0.155 e. The van der Waals surface area contributed by atoms with E-state index in [-0.39, 0.29) is 13.0 Å². The Morgan fingerprint density at radius 3 is 2.88 bits per heavy atom. The molecule has 1 aromatic carbocycles. The van der Waals surface area contributed by atoms with Crippen molar-refractivity contribution in [2.75, 3.05) is 0 Å². The number of nitrogens with zero attached hydrogens (tertiary/aromatic N) is 4. The number of pyridine rings is 1. The third-order valence-electron chi connectivity index (χ3n) is 4.69. The lowest BCUT2D eigenvalue weighted by Gasteiger charge is -2.16. The molecule has 6 heteroatoms. The van der Waals surface area contributed by atoms with Gasteiger partial charge in [-0.25, -0.2) is 9.37 Å². The maximum atomic E-state index is 13.5. The Bertz CT molecular complexity index is 1310. The van der Waals surface area contributed by atoms with E-state index in [9.17, 15) is 4.39 Å². The summed E-state index contributed by atoms with van der Waals surface area (Å²) in [6.07, 6.45) is 2.99. The Morgan fingerprint density at radius 2 is 2.08 bits per heavy atom. The van der Waals surface area contributed by atoms with E-state index in [1.807, 2.05) is 0 Å². The molecule has 0 bridgehead atoms. The van der Waals surface area contributed by atoms with Crippen LogP contribution in [0.15, 0.2) is 42.7 Å². The van der Waals surface area contributed by atoms with Crippen LogP contribution in [0.2, 0.25) is 0 Å². The molecule has 4 heterocycles. The summed E-state index contributed by atoms with van der Waals surface area (Å²) < 4.78 is 63.2. The van der Waals surface area contributed by atoms with E-state index in [4.69, 9.17) is 8.22 Å². The minimum atomic E-state index is -2.73. The van der Waals surface area contributed by atoms with Gasteiger partial charge in [0.1, 0.15) is 11.5 Å². The van der Waals surface area contributed by atoms with Crippen molar-refractivity contribution in [3.05, 3.63) is 54.2 Å². The maximum absolute atomic E-state index is 13.5. The van der Waals surface area contributed by atoms with Crippen molar-refractivity contribution in [3.8, 4) is 22.4 Å². The summed E-state index contributed by atoms with van der Waals surface area (Å²) >= 11 is 0.